The molecule has 3 aromatic carbocycles. The van der Waals surface area contributed by atoms with Crippen LogP contribution in [-0.2, 0) is 29.5 Å². The largest absolute Gasteiger partial charge is 0.493 e. The van der Waals surface area contributed by atoms with Crippen LogP contribution in [0.25, 0.3) is 32.8 Å². The number of nitrogens with zero attached hydrogens (tertiary/aromatic N) is 3. The molecule has 1 unspecified atom stereocenters. The summed E-state index contributed by atoms with van der Waals surface area (Å²) in [6, 6.07) is 18.4. The zero-order valence-electron chi connectivity index (χ0n) is 26.0. The van der Waals surface area contributed by atoms with Crippen LogP contribution in [-0.4, -0.2) is 40.1 Å². The average Bonchev–Trinajstić information content (AvgIpc) is 3.49. The first-order valence-corrected chi connectivity index (χ1v) is 16.1. The first-order valence-electron chi connectivity index (χ1n) is 15.7. The summed E-state index contributed by atoms with van der Waals surface area (Å²) in [4.78, 5) is 13.7. The van der Waals surface area contributed by atoms with Crippen molar-refractivity contribution < 1.29 is 19.0 Å². The van der Waals surface area contributed by atoms with Crippen molar-refractivity contribution in [2.45, 2.75) is 65.5 Å². The van der Waals surface area contributed by atoms with Gasteiger partial charge in [0, 0.05) is 47.8 Å². The maximum Gasteiger partial charge on any atom is 0.355 e. The van der Waals surface area contributed by atoms with Gasteiger partial charge in [-0.05, 0) is 69.0 Å². The second kappa shape index (κ2) is 13.0. The number of ether oxygens (including phenoxy) is 3. The van der Waals surface area contributed by atoms with Gasteiger partial charge in [0.25, 0.3) is 0 Å². The molecule has 0 aliphatic carbocycles. The summed E-state index contributed by atoms with van der Waals surface area (Å²) in [5.41, 5.74) is 6.31. The van der Waals surface area contributed by atoms with Gasteiger partial charge in [-0.2, -0.15) is 5.10 Å². The summed E-state index contributed by atoms with van der Waals surface area (Å²) in [6.45, 7) is 8.13. The first-order chi connectivity index (χ1) is 21.4. The Kier molecular flexibility index (Phi) is 8.96. The van der Waals surface area contributed by atoms with E-state index in [4.69, 9.17) is 30.9 Å². The molecular weight excluding hydrogens is 574 g/mol. The molecule has 8 heteroatoms. The van der Waals surface area contributed by atoms with Crippen LogP contribution < -0.4 is 4.74 Å². The average molecular weight is 614 g/mol. The number of rotatable bonds is 8. The Labute approximate surface area is 263 Å². The van der Waals surface area contributed by atoms with Crippen LogP contribution in [0.3, 0.4) is 0 Å². The van der Waals surface area contributed by atoms with Crippen LogP contribution in [0.4, 0.5) is 0 Å². The lowest BCUT2D eigenvalue weighted by Gasteiger charge is -2.17. The van der Waals surface area contributed by atoms with Gasteiger partial charge in [-0.15, -0.1) is 0 Å². The monoisotopic (exact) mass is 613 g/mol. The van der Waals surface area contributed by atoms with E-state index < -0.39 is 0 Å². The van der Waals surface area contributed by atoms with Crippen molar-refractivity contribution in [2.75, 3.05) is 19.8 Å². The third-order valence-electron chi connectivity index (χ3n) is 8.71. The third-order valence-corrected chi connectivity index (χ3v) is 9.02. The van der Waals surface area contributed by atoms with Crippen molar-refractivity contribution in [3.8, 4) is 16.9 Å². The predicted molar refractivity (Wildman–Crippen MR) is 176 cm³/mol. The molecule has 2 aromatic heterocycles. The minimum atomic E-state index is -0.309. The molecule has 6 rings (SSSR count). The zero-order valence-corrected chi connectivity index (χ0v) is 26.7. The Bertz CT molecular complexity index is 1820. The quantitative estimate of drug-likeness (QED) is 0.129. The van der Waals surface area contributed by atoms with Gasteiger partial charge in [0.05, 0.1) is 29.4 Å². The van der Waals surface area contributed by atoms with Crippen molar-refractivity contribution in [1.29, 1.82) is 0 Å². The van der Waals surface area contributed by atoms with E-state index in [1.165, 1.54) is 0 Å². The normalized spacial score (nSPS) is 15.2. The fourth-order valence-corrected chi connectivity index (χ4v) is 6.80. The number of halogens is 1. The van der Waals surface area contributed by atoms with E-state index in [1.807, 2.05) is 49.0 Å². The van der Waals surface area contributed by atoms with Gasteiger partial charge in [-0.3, -0.25) is 4.68 Å². The number of fused-ring (bicyclic) bond motifs is 3. The van der Waals surface area contributed by atoms with Crippen LogP contribution >= 0.6 is 11.6 Å². The van der Waals surface area contributed by atoms with E-state index >= 15 is 0 Å². The smallest absolute Gasteiger partial charge is 0.355 e. The number of aromatic nitrogens is 3. The van der Waals surface area contributed by atoms with E-state index in [9.17, 15) is 4.79 Å². The molecule has 0 saturated carbocycles. The van der Waals surface area contributed by atoms with Crippen molar-refractivity contribution >= 4 is 39.2 Å². The molecule has 0 bridgehead atoms. The molecule has 5 aromatic rings. The number of hydrogen-bond acceptors (Lipinski definition) is 5. The summed E-state index contributed by atoms with van der Waals surface area (Å²) >= 11 is 7.09. The number of carbonyl (C=O) groups excluding carboxylic acids is 1. The van der Waals surface area contributed by atoms with E-state index in [0.717, 1.165) is 81.2 Å². The SMILES string of the molecule is CCOC(=O)c1c(CCCOc2cccc3ccccc23)c2ccc(Cl)c3c2n1CCCCOC(CC)c1nn(C)c(C)c1-3. The number of benzene rings is 3. The fourth-order valence-electron chi connectivity index (χ4n) is 6.55. The maximum atomic E-state index is 13.7. The molecule has 1 aliphatic heterocycles. The molecule has 7 nitrogen and oxygen atoms in total. The molecule has 44 heavy (non-hydrogen) atoms. The molecule has 0 N–H and O–H groups in total. The van der Waals surface area contributed by atoms with Gasteiger partial charge in [-0.1, -0.05) is 61.0 Å². The minimum absolute atomic E-state index is 0.145. The van der Waals surface area contributed by atoms with Crippen molar-refractivity contribution in [2.24, 2.45) is 7.05 Å². The molecule has 3 heterocycles. The van der Waals surface area contributed by atoms with Crippen LogP contribution in [0.5, 0.6) is 5.75 Å². The Morgan fingerprint density at radius 2 is 1.86 bits per heavy atom. The molecule has 1 aliphatic rings. The minimum Gasteiger partial charge on any atom is -0.493 e. The predicted octanol–water partition coefficient (Wildman–Crippen LogP) is 8.61. The third kappa shape index (κ3) is 5.48. The maximum absolute atomic E-state index is 13.7. The van der Waals surface area contributed by atoms with Gasteiger partial charge in [-0.25, -0.2) is 4.79 Å². The van der Waals surface area contributed by atoms with E-state index in [1.54, 1.807) is 0 Å². The van der Waals surface area contributed by atoms with Crippen LogP contribution in [0.2, 0.25) is 5.02 Å². The Morgan fingerprint density at radius 1 is 1.05 bits per heavy atom. The second-order valence-electron chi connectivity index (χ2n) is 11.4. The molecule has 0 amide bonds. The van der Waals surface area contributed by atoms with Crippen molar-refractivity contribution in [3.63, 3.8) is 0 Å². The number of esters is 1. The Balaban J connectivity index is 1.47. The Morgan fingerprint density at radius 3 is 2.68 bits per heavy atom. The summed E-state index contributed by atoms with van der Waals surface area (Å²) in [5, 5.41) is 8.81. The second-order valence-corrected chi connectivity index (χ2v) is 11.8. The van der Waals surface area contributed by atoms with Gasteiger partial charge in [0.15, 0.2) is 0 Å². The van der Waals surface area contributed by atoms with E-state index in [2.05, 4.69) is 42.7 Å². The fraction of sp³-hybridized carbons (Fsp3) is 0.389. The topological polar surface area (TPSA) is 67.5 Å². The van der Waals surface area contributed by atoms with Gasteiger partial charge in [0.2, 0.25) is 0 Å². The summed E-state index contributed by atoms with van der Waals surface area (Å²) in [5.74, 6) is 0.559. The van der Waals surface area contributed by atoms with E-state index in [-0.39, 0.29) is 12.1 Å². The van der Waals surface area contributed by atoms with Crippen molar-refractivity contribution in [1.82, 2.24) is 14.3 Å². The van der Waals surface area contributed by atoms with Crippen molar-refractivity contribution in [3.05, 3.63) is 82.3 Å². The molecule has 0 saturated heterocycles. The standard InChI is InChI=1S/C36H40ClN3O4/c1-5-29-33-31(23(3)39(4)38-33)32-28(37)19-18-27-26(16-12-22-44-30-17-11-14-24-13-7-8-15-25(24)30)35(36(41)42-6-2)40(34(27)32)20-9-10-21-43-29/h7-8,11,13-15,17-19,29H,5-6,9-10,12,16,20-22H2,1-4H3. The lowest BCUT2D eigenvalue weighted by molar-refractivity contribution is 0.0442. The number of aryl methyl sites for hydroxylation is 3. The molecule has 230 valence electrons. The molecule has 0 fully saturated rings. The summed E-state index contributed by atoms with van der Waals surface area (Å²) in [6.07, 6.45) is 3.76. The van der Waals surface area contributed by atoms with Crippen LogP contribution in [0.15, 0.2) is 54.6 Å². The summed E-state index contributed by atoms with van der Waals surface area (Å²) in [7, 11) is 1.96. The van der Waals surface area contributed by atoms with Gasteiger partial charge >= 0.3 is 5.97 Å². The van der Waals surface area contributed by atoms with Crippen LogP contribution in [0.1, 0.15) is 73.1 Å². The highest BCUT2D eigenvalue weighted by Crippen LogP contribution is 2.44. The summed E-state index contributed by atoms with van der Waals surface area (Å²) < 4.78 is 22.4. The number of hydrogen-bond donors (Lipinski definition) is 0. The Hall–Kier alpha value is -3.81. The lowest BCUT2D eigenvalue weighted by atomic mass is 9.96. The zero-order chi connectivity index (χ0) is 30.8. The molecule has 0 radical (unpaired) electrons. The highest BCUT2D eigenvalue weighted by Gasteiger charge is 2.31. The number of carbonyl (C=O) groups is 1. The molecule has 1 atom stereocenters. The van der Waals surface area contributed by atoms with Gasteiger partial charge in [0.1, 0.15) is 17.5 Å². The van der Waals surface area contributed by atoms with Crippen LogP contribution in [0, 0.1) is 6.92 Å². The van der Waals surface area contributed by atoms with Gasteiger partial charge < -0.3 is 18.8 Å². The first kappa shape index (κ1) is 30.2. The van der Waals surface area contributed by atoms with E-state index in [0.29, 0.717) is 43.5 Å². The highest BCUT2D eigenvalue weighted by molar-refractivity contribution is 6.35. The highest BCUT2D eigenvalue weighted by atomic mass is 35.5. The molecular formula is C36H40ClN3O4. The molecule has 0 spiro atoms. The lowest BCUT2D eigenvalue weighted by Crippen LogP contribution is -2.15.